The molecule has 2 rings (SSSR count). The van der Waals surface area contributed by atoms with E-state index in [-0.39, 0.29) is 5.41 Å². The maximum absolute atomic E-state index is 5.73. The highest BCUT2D eigenvalue weighted by Gasteiger charge is 2.22. The molecular formula is C16H19N. The number of hydrogen-bond acceptors (Lipinski definition) is 1. The molecule has 0 amide bonds. The number of nitrogen functional groups attached to an aromatic ring is 1. The third-order valence-electron chi connectivity index (χ3n) is 3.41. The Morgan fingerprint density at radius 1 is 0.765 bits per heavy atom. The Balaban J connectivity index is 2.41. The molecule has 0 aromatic heterocycles. The fourth-order valence-electron chi connectivity index (χ4n) is 2.04. The van der Waals surface area contributed by atoms with Gasteiger partial charge >= 0.3 is 0 Å². The average Bonchev–Trinajstić information content (AvgIpc) is 2.30. The summed E-state index contributed by atoms with van der Waals surface area (Å²) in [6, 6.07) is 16.9. The number of hydrogen-bond donors (Lipinski definition) is 1. The molecule has 0 aliphatic carbocycles. The Morgan fingerprint density at radius 3 is 1.65 bits per heavy atom. The molecule has 88 valence electrons. The van der Waals surface area contributed by atoms with Crippen LogP contribution in [0.2, 0.25) is 0 Å². The van der Waals surface area contributed by atoms with Gasteiger partial charge in [0, 0.05) is 11.1 Å². The number of benzene rings is 2. The third kappa shape index (κ3) is 2.33. The van der Waals surface area contributed by atoms with Crippen molar-refractivity contribution in [1.82, 2.24) is 0 Å². The van der Waals surface area contributed by atoms with Crippen molar-refractivity contribution in [3.05, 3.63) is 65.2 Å². The number of nitrogens with two attached hydrogens (primary N) is 1. The van der Waals surface area contributed by atoms with Crippen LogP contribution >= 0.6 is 0 Å². The molecule has 0 bridgehead atoms. The van der Waals surface area contributed by atoms with E-state index in [4.69, 9.17) is 5.73 Å². The minimum atomic E-state index is 0.0153. The van der Waals surface area contributed by atoms with Crippen molar-refractivity contribution in [2.45, 2.75) is 26.2 Å². The van der Waals surface area contributed by atoms with Crippen LogP contribution in [0.4, 0.5) is 5.69 Å². The zero-order valence-corrected chi connectivity index (χ0v) is 10.7. The topological polar surface area (TPSA) is 26.0 Å². The Morgan fingerprint density at radius 2 is 1.18 bits per heavy atom. The first-order chi connectivity index (χ1) is 8.00. The van der Waals surface area contributed by atoms with Crippen LogP contribution in [0, 0.1) is 6.92 Å². The van der Waals surface area contributed by atoms with Crippen LogP contribution < -0.4 is 5.73 Å². The van der Waals surface area contributed by atoms with E-state index < -0.39 is 0 Å². The van der Waals surface area contributed by atoms with Gasteiger partial charge in [0.05, 0.1) is 0 Å². The lowest BCUT2D eigenvalue weighted by atomic mass is 9.78. The van der Waals surface area contributed by atoms with Gasteiger partial charge in [-0.3, -0.25) is 0 Å². The summed E-state index contributed by atoms with van der Waals surface area (Å²) in [5, 5.41) is 0. The summed E-state index contributed by atoms with van der Waals surface area (Å²) >= 11 is 0. The second-order valence-electron chi connectivity index (χ2n) is 5.11. The van der Waals surface area contributed by atoms with Gasteiger partial charge in [-0.2, -0.15) is 0 Å². The van der Waals surface area contributed by atoms with Crippen LogP contribution in [-0.4, -0.2) is 0 Å². The molecular weight excluding hydrogens is 206 g/mol. The Bertz CT molecular complexity index is 445. The molecule has 0 atom stereocenters. The van der Waals surface area contributed by atoms with Crippen molar-refractivity contribution in [2.75, 3.05) is 5.73 Å². The first-order valence-corrected chi connectivity index (χ1v) is 5.93. The third-order valence-corrected chi connectivity index (χ3v) is 3.41. The van der Waals surface area contributed by atoms with Crippen LogP contribution in [0.25, 0.3) is 0 Å². The summed E-state index contributed by atoms with van der Waals surface area (Å²) in [4.78, 5) is 0. The van der Waals surface area contributed by atoms with E-state index in [0.717, 1.165) is 5.69 Å². The Labute approximate surface area is 103 Å². The highest BCUT2D eigenvalue weighted by molar-refractivity contribution is 5.45. The molecule has 17 heavy (non-hydrogen) atoms. The lowest BCUT2D eigenvalue weighted by Gasteiger charge is -2.26. The van der Waals surface area contributed by atoms with E-state index >= 15 is 0 Å². The molecule has 0 aliphatic heterocycles. The van der Waals surface area contributed by atoms with E-state index in [1.165, 1.54) is 16.7 Å². The number of anilines is 1. The Hall–Kier alpha value is -1.76. The monoisotopic (exact) mass is 225 g/mol. The zero-order valence-electron chi connectivity index (χ0n) is 10.7. The SMILES string of the molecule is Cc1ccc(C(C)(C)c2ccc(N)cc2)cc1. The predicted molar refractivity (Wildman–Crippen MR) is 74.2 cm³/mol. The van der Waals surface area contributed by atoms with Gasteiger partial charge in [0.2, 0.25) is 0 Å². The highest BCUT2D eigenvalue weighted by atomic mass is 14.5. The van der Waals surface area contributed by atoms with Gasteiger partial charge in [0.15, 0.2) is 0 Å². The van der Waals surface area contributed by atoms with Crippen molar-refractivity contribution in [3.8, 4) is 0 Å². The van der Waals surface area contributed by atoms with Crippen LogP contribution in [-0.2, 0) is 5.41 Å². The maximum atomic E-state index is 5.73. The largest absolute Gasteiger partial charge is 0.399 e. The number of rotatable bonds is 2. The molecule has 0 unspecified atom stereocenters. The molecule has 0 heterocycles. The summed E-state index contributed by atoms with van der Waals surface area (Å²) in [5.41, 5.74) is 10.5. The molecule has 0 spiro atoms. The van der Waals surface area contributed by atoms with Gasteiger partial charge in [-0.15, -0.1) is 0 Å². The van der Waals surface area contributed by atoms with Gasteiger partial charge in [-0.25, -0.2) is 0 Å². The molecule has 0 fully saturated rings. The van der Waals surface area contributed by atoms with Gasteiger partial charge in [0.1, 0.15) is 0 Å². The number of aryl methyl sites for hydroxylation is 1. The lowest BCUT2D eigenvalue weighted by Crippen LogP contribution is -2.18. The summed E-state index contributed by atoms with van der Waals surface area (Å²) in [6.45, 7) is 6.59. The van der Waals surface area contributed by atoms with Crippen molar-refractivity contribution in [2.24, 2.45) is 0 Å². The smallest absolute Gasteiger partial charge is 0.0314 e. The second-order valence-corrected chi connectivity index (χ2v) is 5.11. The van der Waals surface area contributed by atoms with Gasteiger partial charge in [0.25, 0.3) is 0 Å². The van der Waals surface area contributed by atoms with Crippen molar-refractivity contribution in [3.63, 3.8) is 0 Å². The first-order valence-electron chi connectivity index (χ1n) is 5.93. The van der Waals surface area contributed by atoms with Gasteiger partial charge in [-0.05, 0) is 30.2 Å². The van der Waals surface area contributed by atoms with E-state index in [0.29, 0.717) is 0 Å². The van der Waals surface area contributed by atoms with Crippen LogP contribution in [0.3, 0.4) is 0 Å². The van der Waals surface area contributed by atoms with Crippen LogP contribution in [0.1, 0.15) is 30.5 Å². The predicted octanol–water partition coefficient (Wildman–Crippen LogP) is 3.90. The second kappa shape index (κ2) is 4.25. The quantitative estimate of drug-likeness (QED) is 0.771. The maximum Gasteiger partial charge on any atom is 0.0314 e. The van der Waals surface area contributed by atoms with Gasteiger partial charge < -0.3 is 5.73 Å². The van der Waals surface area contributed by atoms with E-state index in [1.807, 2.05) is 12.1 Å². The molecule has 1 nitrogen and oxygen atoms in total. The molecule has 1 heteroatoms. The van der Waals surface area contributed by atoms with Crippen molar-refractivity contribution in [1.29, 1.82) is 0 Å². The molecule has 0 saturated carbocycles. The molecule has 2 aromatic rings. The minimum absolute atomic E-state index is 0.0153. The normalized spacial score (nSPS) is 11.5. The first kappa shape index (κ1) is 11.7. The highest BCUT2D eigenvalue weighted by Crippen LogP contribution is 2.31. The molecule has 0 aliphatic rings. The fourth-order valence-corrected chi connectivity index (χ4v) is 2.04. The van der Waals surface area contributed by atoms with E-state index in [9.17, 15) is 0 Å². The van der Waals surface area contributed by atoms with Crippen molar-refractivity contribution >= 4 is 5.69 Å². The molecule has 0 radical (unpaired) electrons. The van der Waals surface area contributed by atoms with Crippen LogP contribution in [0.5, 0.6) is 0 Å². The Kier molecular flexibility index (Phi) is 2.93. The van der Waals surface area contributed by atoms with E-state index in [2.05, 4.69) is 57.2 Å². The molecule has 2 N–H and O–H groups in total. The zero-order chi connectivity index (χ0) is 12.5. The summed E-state index contributed by atoms with van der Waals surface area (Å²) in [6.07, 6.45) is 0. The lowest BCUT2D eigenvalue weighted by molar-refractivity contribution is 0.641. The van der Waals surface area contributed by atoms with Crippen molar-refractivity contribution < 1.29 is 0 Å². The summed E-state index contributed by atoms with van der Waals surface area (Å²) < 4.78 is 0. The molecule has 2 aromatic carbocycles. The fraction of sp³-hybridized carbons (Fsp3) is 0.250. The summed E-state index contributed by atoms with van der Waals surface area (Å²) in [7, 11) is 0. The summed E-state index contributed by atoms with van der Waals surface area (Å²) in [5.74, 6) is 0. The molecule has 0 saturated heterocycles. The van der Waals surface area contributed by atoms with Crippen LogP contribution in [0.15, 0.2) is 48.5 Å². The average molecular weight is 225 g/mol. The van der Waals surface area contributed by atoms with E-state index in [1.54, 1.807) is 0 Å². The minimum Gasteiger partial charge on any atom is -0.399 e. The standard InChI is InChI=1S/C16H19N/c1-12-4-6-13(7-5-12)16(2,3)14-8-10-15(17)11-9-14/h4-11H,17H2,1-3H3. The van der Waals surface area contributed by atoms with Gasteiger partial charge in [-0.1, -0.05) is 55.8 Å².